The van der Waals surface area contributed by atoms with E-state index in [1.807, 2.05) is 0 Å². The zero-order valence-corrected chi connectivity index (χ0v) is 13.1. The number of aromatic nitrogens is 4. The van der Waals surface area contributed by atoms with Crippen molar-refractivity contribution in [1.82, 2.24) is 19.5 Å². The van der Waals surface area contributed by atoms with E-state index in [1.54, 1.807) is 11.5 Å². The summed E-state index contributed by atoms with van der Waals surface area (Å²) in [5.74, 6) is 1.91. The summed E-state index contributed by atoms with van der Waals surface area (Å²) in [6.45, 7) is 1.22. The van der Waals surface area contributed by atoms with Crippen molar-refractivity contribution in [2.75, 3.05) is 12.3 Å². The van der Waals surface area contributed by atoms with E-state index < -0.39 is 29.2 Å². The Morgan fingerprint density at radius 3 is 2.96 bits per heavy atom. The van der Waals surface area contributed by atoms with Crippen LogP contribution in [-0.2, 0) is 4.74 Å². The van der Waals surface area contributed by atoms with Gasteiger partial charge in [-0.25, -0.2) is 9.97 Å². The Bertz CT molecular complexity index is 773. The number of halogens is 1. The number of nitrogens with two attached hydrogens (primary N) is 1. The number of anilines is 1. The molecule has 23 heavy (non-hydrogen) atoms. The molecule has 0 saturated carbocycles. The van der Waals surface area contributed by atoms with E-state index in [0.29, 0.717) is 11.2 Å². The summed E-state index contributed by atoms with van der Waals surface area (Å²) < 4.78 is 7.41. The van der Waals surface area contributed by atoms with E-state index in [0.717, 1.165) is 0 Å². The summed E-state index contributed by atoms with van der Waals surface area (Å²) >= 11 is 6.60. The lowest BCUT2D eigenvalue weighted by atomic mass is 9.87. The fraction of sp³-hybridized carbons (Fsp3) is 0.500. The standard InChI is InChI=1S/C14H16ClN5O3/c1-3-14(15)8(5-21)10(7(2)22)23-12(14)20-6-18-9-4-17-13(16)19-11(9)20/h1,4,6-8,10,12,21-22H,5H2,2H3,(H2,16,17,19)/t7-,8?,10+,12+,14?/m0/s1. The predicted molar refractivity (Wildman–Crippen MR) is 83.3 cm³/mol. The third-order valence-corrected chi connectivity index (χ3v) is 4.64. The van der Waals surface area contributed by atoms with Gasteiger partial charge in [0.15, 0.2) is 16.7 Å². The highest BCUT2D eigenvalue weighted by Gasteiger charge is 2.57. The molecule has 3 heterocycles. The molecule has 2 unspecified atom stereocenters. The lowest BCUT2D eigenvalue weighted by Gasteiger charge is -2.27. The number of aliphatic hydroxyl groups excluding tert-OH is 2. The maximum Gasteiger partial charge on any atom is 0.222 e. The minimum atomic E-state index is -1.37. The Kier molecular flexibility index (Phi) is 3.90. The van der Waals surface area contributed by atoms with E-state index in [-0.39, 0.29) is 12.6 Å². The number of imidazole rings is 1. The third kappa shape index (κ3) is 2.33. The third-order valence-electron chi connectivity index (χ3n) is 4.06. The molecule has 0 amide bonds. The van der Waals surface area contributed by atoms with Crippen molar-refractivity contribution in [1.29, 1.82) is 0 Å². The molecule has 0 spiro atoms. The van der Waals surface area contributed by atoms with Crippen molar-refractivity contribution in [2.24, 2.45) is 5.92 Å². The molecule has 2 aromatic rings. The fourth-order valence-electron chi connectivity index (χ4n) is 2.91. The number of nitrogens with zero attached hydrogens (tertiary/aromatic N) is 4. The van der Waals surface area contributed by atoms with Gasteiger partial charge in [0.05, 0.1) is 31.3 Å². The molecule has 3 rings (SSSR count). The quantitative estimate of drug-likeness (QED) is 0.528. The largest absolute Gasteiger partial charge is 0.396 e. The van der Waals surface area contributed by atoms with Crippen molar-refractivity contribution in [3.8, 4) is 12.3 Å². The first kappa shape index (κ1) is 16.0. The number of fused-ring (bicyclic) bond motifs is 1. The van der Waals surface area contributed by atoms with Gasteiger partial charge in [-0.3, -0.25) is 4.57 Å². The van der Waals surface area contributed by atoms with Gasteiger partial charge in [0.2, 0.25) is 5.95 Å². The summed E-state index contributed by atoms with van der Waals surface area (Å²) in [5, 5.41) is 19.6. The number of aliphatic hydroxyl groups is 2. The zero-order chi connectivity index (χ0) is 16.8. The van der Waals surface area contributed by atoms with Crippen molar-refractivity contribution in [2.45, 2.75) is 30.2 Å². The SMILES string of the molecule is C#CC1(Cl)C(CO)[C@@H]([C@H](C)O)O[C@H]1n1cnc2cnc(N)nc21. The summed E-state index contributed by atoms with van der Waals surface area (Å²) in [6.07, 6.45) is 6.11. The van der Waals surface area contributed by atoms with E-state index in [4.69, 9.17) is 28.5 Å². The molecule has 9 heteroatoms. The Morgan fingerprint density at radius 1 is 1.61 bits per heavy atom. The fourth-order valence-corrected chi connectivity index (χ4v) is 3.26. The molecule has 1 saturated heterocycles. The second kappa shape index (κ2) is 5.62. The van der Waals surface area contributed by atoms with Crippen LogP contribution in [0, 0.1) is 18.3 Å². The molecule has 5 atom stereocenters. The molecule has 1 aliphatic heterocycles. The van der Waals surface area contributed by atoms with E-state index in [1.165, 1.54) is 12.5 Å². The predicted octanol–water partition coefficient (Wildman–Crippen LogP) is -0.0940. The Balaban J connectivity index is 2.13. The van der Waals surface area contributed by atoms with Crippen LogP contribution in [0.15, 0.2) is 12.5 Å². The second-order valence-corrected chi connectivity index (χ2v) is 6.11. The summed E-state index contributed by atoms with van der Waals surface area (Å²) in [6, 6.07) is 0. The number of terminal acetylenes is 1. The van der Waals surface area contributed by atoms with Crippen LogP contribution >= 0.6 is 11.6 Å². The summed E-state index contributed by atoms with van der Waals surface area (Å²) in [4.78, 5) is 10.8. The van der Waals surface area contributed by atoms with Gasteiger partial charge in [-0.15, -0.1) is 6.42 Å². The van der Waals surface area contributed by atoms with Gasteiger partial charge in [0.1, 0.15) is 5.52 Å². The Morgan fingerprint density at radius 2 is 2.35 bits per heavy atom. The molecule has 1 fully saturated rings. The normalized spacial score (nSPS) is 32.0. The number of ether oxygens (including phenoxy) is 1. The van der Waals surface area contributed by atoms with Crippen LogP contribution in [0.25, 0.3) is 11.2 Å². The lowest BCUT2D eigenvalue weighted by molar-refractivity contribution is -0.0662. The van der Waals surface area contributed by atoms with E-state index in [2.05, 4.69) is 20.9 Å². The maximum absolute atomic E-state index is 9.92. The average Bonchev–Trinajstić information content (AvgIpc) is 3.05. The minimum Gasteiger partial charge on any atom is -0.396 e. The molecular formula is C14H16ClN5O3. The highest BCUT2D eigenvalue weighted by Crippen LogP contribution is 2.48. The molecule has 1 aliphatic rings. The highest BCUT2D eigenvalue weighted by molar-refractivity contribution is 6.26. The molecule has 2 aromatic heterocycles. The van der Waals surface area contributed by atoms with Crippen molar-refractivity contribution in [3.05, 3.63) is 12.5 Å². The van der Waals surface area contributed by atoms with Crippen LogP contribution in [0.5, 0.6) is 0 Å². The maximum atomic E-state index is 9.92. The average molecular weight is 338 g/mol. The van der Waals surface area contributed by atoms with Crippen LogP contribution in [-0.4, -0.2) is 53.4 Å². The van der Waals surface area contributed by atoms with Crippen molar-refractivity contribution < 1.29 is 14.9 Å². The molecule has 0 radical (unpaired) electrons. The smallest absolute Gasteiger partial charge is 0.222 e. The first-order chi connectivity index (χ1) is 10.9. The minimum absolute atomic E-state index is 0.0731. The molecule has 4 N–H and O–H groups in total. The van der Waals surface area contributed by atoms with Gasteiger partial charge in [0.25, 0.3) is 0 Å². The molecule has 0 aliphatic carbocycles. The topological polar surface area (TPSA) is 119 Å². The van der Waals surface area contributed by atoms with Crippen LogP contribution in [0.2, 0.25) is 0 Å². The molecular weight excluding hydrogens is 322 g/mol. The Labute approximate surface area is 137 Å². The van der Waals surface area contributed by atoms with Crippen molar-refractivity contribution in [3.63, 3.8) is 0 Å². The second-order valence-electron chi connectivity index (χ2n) is 5.48. The molecule has 8 nitrogen and oxygen atoms in total. The monoisotopic (exact) mass is 337 g/mol. The van der Waals surface area contributed by atoms with Gasteiger partial charge < -0.3 is 20.7 Å². The number of alkyl halides is 1. The van der Waals surface area contributed by atoms with Gasteiger partial charge in [0, 0.05) is 5.92 Å². The molecule has 0 bridgehead atoms. The van der Waals surface area contributed by atoms with Crippen LogP contribution < -0.4 is 5.73 Å². The molecule has 0 aromatic carbocycles. The first-order valence-corrected chi connectivity index (χ1v) is 7.36. The number of nitrogen functional groups attached to an aromatic ring is 1. The van der Waals surface area contributed by atoms with Crippen LogP contribution in [0.4, 0.5) is 5.95 Å². The lowest BCUT2D eigenvalue weighted by Crippen LogP contribution is -2.40. The number of hydrogen-bond acceptors (Lipinski definition) is 7. The van der Waals surface area contributed by atoms with Crippen LogP contribution in [0.3, 0.4) is 0 Å². The van der Waals surface area contributed by atoms with E-state index in [9.17, 15) is 10.2 Å². The summed E-state index contributed by atoms with van der Waals surface area (Å²) in [5.41, 5.74) is 6.53. The van der Waals surface area contributed by atoms with Gasteiger partial charge in [-0.1, -0.05) is 17.5 Å². The van der Waals surface area contributed by atoms with Gasteiger partial charge >= 0.3 is 0 Å². The number of hydrogen-bond donors (Lipinski definition) is 3. The van der Waals surface area contributed by atoms with Crippen molar-refractivity contribution >= 4 is 28.7 Å². The number of rotatable bonds is 3. The first-order valence-electron chi connectivity index (χ1n) is 6.98. The van der Waals surface area contributed by atoms with E-state index >= 15 is 0 Å². The van der Waals surface area contributed by atoms with Crippen LogP contribution in [0.1, 0.15) is 13.2 Å². The Hall–Kier alpha value is -1.92. The summed E-state index contributed by atoms with van der Waals surface area (Å²) in [7, 11) is 0. The zero-order valence-electron chi connectivity index (χ0n) is 12.3. The van der Waals surface area contributed by atoms with Gasteiger partial charge in [-0.05, 0) is 6.92 Å². The van der Waals surface area contributed by atoms with Gasteiger partial charge in [-0.2, -0.15) is 4.98 Å². The molecule has 122 valence electrons. The highest BCUT2D eigenvalue weighted by atomic mass is 35.5.